The molecule has 3 aromatic rings. The lowest BCUT2D eigenvalue weighted by molar-refractivity contribution is -0.111. The third-order valence-electron chi connectivity index (χ3n) is 4.39. The quantitative estimate of drug-likeness (QED) is 0.620. The number of aryl methyl sites for hydroxylation is 2. The molecule has 0 radical (unpaired) electrons. The number of rotatable bonds is 5. The first-order valence-electron chi connectivity index (χ1n) is 8.71. The Morgan fingerprint density at radius 3 is 2.62 bits per heavy atom. The molecule has 1 aromatic heterocycles. The molecule has 0 saturated heterocycles. The van der Waals surface area contributed by atoms with Gasteiger partial charge in [0.2, 0.25) is 5.91 Å². The van der Waals surface area contributed by atoms with E-state index in [1.165, 1.54) is 0 Å². The van der Waals surface area contributed by atoms with Crippen LogP contribution in [0, 0.1) is 13.8 Å². The van der Waals surface area contributed by atoms with E-state index in [1.807, 2.05) is 70.2 Å². The van der Waals surface area contributed by atoms with Crippen LogP contribution in [0.2, 0.25) is 0 Å². The fraction of sp³-hybridized carbons (Fsp3) is 0.227. The van der Waals surface area contributed by atoms with Crippen LogP contribution in [-0.2, 0) is 4.79 Å². The van der Waals surface area contributed by atoms with Crippen molar-refractivity contribution in [3.63, 3.8) is 0 Å². The van der Waals surface area contributed by atoms with Gasteiger partial charge in [-0.2, -0.15) is 0 Å². The number of fused-ring (bicyclic) bond motifs is 1. The zero-order valence-electron chi connectivity index (χ0n) is 15.6. The summed E-state index contributed by atoms with van der Waals surface area (Å²) in [4.78, 5) is 12.4. The average Bonchev–Trinajstić information content (AvgIpc) is 2.89. The molecule has 0 bridgehead atoms. The van der Waals surface area contributed by atoms with Gasteiger partial charge in [-0.05, 0) is 57.0 Å². The number of carbonyl (C=O) groups excluding carboxylic acids is 1. The maximum atomic E-state index is 12.4. The number of anilines is 1. The molecule has 0 saturated carbocycles. The van der Waals surface area contributed by atoms with Gasteiger partial charge in [0, 0.05) is 28.8 Å². The molecule has 1 heterocycles. The zero-order chi connectivity index (χ0) is 18.7. The molecule has 2 aromatic carbocycles. The third-order valence-corrected chi connectivity index (χ3v) is 4.39. The van der Waals surface area contributed by atoms with Gasteiger partial charge in [0.25, 0.3) is 0 Å². The molecule has 134 valence electrons. The molecule has 1 N–H and O–H groups in total. The van der Waals surface area contributed by atoms with Crippen LogP contribution in [0.4, 0.5) is 5.69 Å². The van der Waals surface area contributed by atoms with Gasteiger partial charge >= 0.3 is 0 Å². The third kappa shape index (κ3) is 3.64. The van der Waals surface area contributed by atoms with E-state index in [0.29, 0.717) is 6.61 Å². The molecule has 0 spiro atoms. The predicted molar refractivity (Wildman–Crippen MR) is 106 cm³/mol. The van der Waals surface area contributed by atoms with E-state index >= 15 is 0 Å². The fourth-order valence-electron chi connectivity index (χ4n) is 2.93. The lowest BCUT2D eigenvalue weighted by Gasteiger charge is -2.11. The maximum absolute atomic E-state index is 12.4. The van der Waals surface area contributed by atoms with Crippen molar-refractivity contribution in [1.29, 1.82) is 0 Å². The fourth-order valence-corrected chi connectivity index (χ4v) is 2.93. The smallest absolute Gasteiger partial charge is 0.248 e. The van der Waals surface area contributed by atoms with Gasteiger partial charge in [-0.15, -0.1) is 0 Å². The minimum atomic E-state index is -0.170. The molecule has 0 aliphatic carbocycles. The van der Waals surface area contributed by atoms with Gasteiger partial charge in [0.15, 0.2) is 0 Å². The molecule has 0 unspecified atom stereocenters. The van der Waals surface area contributed by atoms with Crippen molar-refractivity contribution >= 4 is 28.1 Å². The van der Waals surface area contributed by atoms with E-state index in [1.54, 1.807) is 6.08 Å². The van der Waals surface area contributed by atoms with Crippen LogP contribution in [0.5, 0.6) is 5.75 Å². The molecule has 0 aliphatic heterocycles. The van der Waals surface area contributed by atoms with Crippen molar-refractivity contribution in [2.24, 2.45) is 0 Å². The monoisotopic (exact) mass is 349 g/mol. The minimum absolute atomic E-state index is 0.170. The number of para-hydroxylation sites is 1. The highest BCUT2D eigenvalue weighted by molar-refractivity contribution is 6.04. The number of amides is 1. The average molecular weight is 349 g/mol. The number of hydrogen-bond acceptors (Lipinski definition) is 3. The van der Waals surface area contributed by atoms with E-state index in [-0.39, 0.29) is 5.91 Å². The summed E-state index contributed by atoms with van der Waals surface area (Å²) in [5.41, 5.74) is 4.40. The Morgan fingerprint density at radius 1 is 1.19 bits per heavy atom. The highest BCUT2D eigenvalue weighted by Crippen LogP contribution is 2.35. The van der Waals surface area contributed by atoms with Crippen molar-refractivity contribution in [2.45, 2.75) is 27.7 Å². The van der Waals surface area contributed by atoms with Crippen LogP contribution in [0.1, 0.15) is 30.7 Å². The summed E-state index contributed by atoms with van der Waals surface area (Å²) in [5.74, 6) is 1.44. The van der Waals surface area contributed by atoms with Gasteiger partial charge in [-0.25, -0.2) is 0 Å². The minimum Gasteiger partial charge on any atom is -0.493 e. The zero-order valence-corrected chi connectivity index (χ0v) is 15.6. The summed E-state index contributed by atoms with van der Waals surface area (Å²) < 4.78 is 11.6. The summed E-state index contributed by atoms with van der Waals surface area (Å²) in [6.07, 6.45) is 1.60. The number of hydrogen-bond donors (Lipinski definition) is 1. The molecular weight excluding hydrogens is 326 g/mol. The molecule has 4 nitrogen and oxygen atoms in total. The number of carbonyl (C=O) groups is 1. The van der Waals surface area contributed by atoms with Crippen molar-refractivity contribution < 1.29 is 13.9 Å². The van der Waals surface area contributed by atoms with Crippen LogP contribution in [-0.4, -0.2) is 12.5 Å². The van der Waals surface area contributed by atoms with Crippen molar-refractivity contribution in [3.8, 4) is 5.75 Å². The topological polar surface area (TPSA) is 51.5 Å². The summed E-state index contributed by atoms with van der Waals surface area (Å²) >= 11 is 0. The molecule has 0 fully saturated rings. The molecule has 3 rings (SSSR count). The van der Waals surface area contributed by atoms with Gasteiger partial charge in [-0.1, -0.05) is 18.2 Å². The maximum Gasteiger partial charge on any atom is 0.248 e. The first-order chi connectivity index (χ1) is 12.5. The Morgan fingerprint density at radius 2 is 1.92 bits per heavy atom. The standard InChI is InChI=1S/C22H23NO3/c1-5-25-20-13-21-19(15(3)16(4)26-21)12-18(20)14(2)11-22(24)23-17-9-7-6-8-10-17/h6-13H,5H2,1-4H3,(H,23,24)/b14-11+. The van der Waals surface area contributed by atoms with E-state index < -0.39 is 0 Å². The SMILES string of the molecule is CCOc1cc2oc(C)c(C)c2cc1/C(C)=C/C(=O)Nc1ccccc1. The second-order valence-corrected chi connectivity index (χ2v) is 6.24. The summed E-state index contributed by atoms with van der Waals surface area (Å²) in [7, 11) is 0. The first-order valence-corrected chi connectivity index (χ1v) is 8.71. The van der Waals surface area contributed by atoms with Crippen molar-refractivity contribution in [3.05, 3.63) is 65.4 Å². The highest BCUT2D eigenvalue weighted by Gasteiger charge is 2.14. The molecular formula is C22H23NO3. The van der Waals surface area contributed by atoms with E-state index in [9.17, 15) is 4.79 Å². The molecule has 1 amide bonds. The van der Waals surface area contributed by atoms with Crippen LogP contribution in [0.3, 0.4) is 0 Å². The van der Waals surface area contributed by atoms with Crippen molar-refractivity contribution in [2.75, 3.05) is 11.9 Å². The van der Waals surface area contributed by atoms with Gasteiger partial charge < -0.3 is 14.5 Å². The Bertz CT molecular complexity index is 968. The largest absolute Gasteiger partial charge is 0.493 e. The number of benzene rings is 2. The van der Waals surface area contributed by atoms with E-state index in [2.05, 4.69) is 5.32 Å². The van der Waals surface area contributed by atoms with Gasteiger partial charge in [0.1, 0.15) is 17.1 Å². The Labute approximate surface area is 153 Å². The number of ether oxygens (including phenoxy) is 1. The van der Waals surface area contributed by atoms with E-state index in [4.69, 9.17) is 9.15 Å². The number of allylic oxidation sites excluding steroid dienone is 1. The Balaban J connectivity index is 1.97. The number of nitrogens with one attached hydrogen (secondary N) is 1. The van der Waals surface area contributed by atoms with Crippen LogP contribution >= 0.6 is 0 Å². The molecule has 4 heteroatoms. The second kappa shape index (κ2) is 7.48. The summed E-state index contributed by atoms with van der Waals surface area (Å²) in [6.45, 7) is 8.38. The van der Waals surface area contributed by atoms with Gasteiger partial charge in [0.05, 0.1) is 6.61 Å². The van der Waals surface area contributed by atoms with E-state index in [0.717, 1.165) is 44.9 Å². The second-order valence-electron chi connectivity index (χ2n) is 6.24. The first kappa shape index (κ1) is 17.8. The lowest BCUT2D eigenvalue weighted by Crippen LogP contribution is -2.08. The Hall–Kier alpha value is -3.01. The lowest BCUT2D eigenvalue weighted by atomic mass is 10.0. The van der Waals surface area contributed by atoms with Gasteiger partial charge in [-0.3, -0.25) is 4.79 Å². The summed E-state index contributed by atoms with van der Waals surface area (Å²) in [6, 6.07) is 13.3. The Kier molecular flexibility index (Phi) is 5.12. The van der Waals surface area contributed by atoms with Crippen LogP contribution in [0.15, 0.2) is 53.0 Å². The van der Waals surface area contributed by atoms with Crippen molar-refractivity contribution in [1.82, 2.24) is 0 Å². The molecule has 26 heavy (non-hydrogen) atoms. The summed E-state index contributed by atoms with van der Waals surface area (Å²) in [5, 5.41) is 3.91. The van der Waals surface area contributed by atoms with Crippen LogP contribution < -0.4 is 10.1 Å². The highest BCUT2D eigenvalue weighted by atomic mass is 16.5. The predicted octanol–water partition coefficient (Wildman–Crippen LogP) is 5.49. The van der Waals surface area contributed by atoms with Crippen LogP contribution in [0.25, 0.3) is 16.5 Å². The number of furan rings is 1. The molecule has 0 atom stereocenters. The molecule has 0 aliphatic rings. The normalized spacial score (nSPS) is 11.6.